The van der Waals surface area contributed by atoms with E-state index in [1.54, 1.807) is 0 Å². The fraction of sp³-hybridized carbons (Fsp3) is 0.231. The Kier molecular flexibility index (Phi) is 5.23. The highest BCUT2D eigenvalue weighted by Gasteiger charge is 2.61. The second-order valence-electron chi connectivity index (χ2n) is 5.21. The van der Waals surface area contributed by atoms with Gasteiger partial charge in [-0.25, -0.2) is 14.0 Å². The second-order valence-corrected chi connectivity index (χ2v) is 6.05. The summed E-state index contributed by atoms with van der Waals surface area (Å²) in [5.41, 5.74) is -9.46. The summed E-state index contributed by atoms with van der Waals surface area (Å²) in [6.45, 7) is 0. The normalized spacial score (nSPS) is 13.1. The molecule has 0 aliphatic rings. The Morgan fingerprint density at radius 2 is 1.43 bits per heavy atom. The minimum absolute atomic E-state index is 0.258. The van der Waals surface area contributed by atoms with E-state index in [1.165, 1.54) is 0 Å². The standard InChI is InChI=1S/C13H5Cl2F8N3O2/c14-4-1-5(15)9(11(16,17)13(21,22)23)6(2-4)25-8(27)3-7(12(18,19)20)26(24)10(25)28/h1-3H,24H2. The number of hydrogen-bond acceptors (Lipinski definition) is 3. The monoisotopic (exact) mass is 457 g/mol. The molecule has 0 amide bonds. The van der Waals surface area contributed by atoms with Crippen molar-refractivity contribution in [2.24, 2.45) is 0 Å². The van der Waals surface area contributed by atoms with E-state index in [2.05, 4.69) is 0 Å². The van der Waals surface area contributed by atoms with Gasteiger partial charge in [0.25, 0.3) is 5.56 Å². The number of aromatic nitrogens is 2. The Bertz CT molecular complexity index is 1060. The molecule has 0 aliphatic carbocycles. The molecule has 2 rings (SSSR count). The van der Waals surface area contributed by atoms with Crippen LogP contribution in [0.5, 0.6) is 0 Å². The van der Waals surface area contributed by atoms with Crippen molar-refractivity contribution in [2.75, 3.05) is 5.84 Å². The molecule has 1 aromatic heterocycles. The van der Waals surface area contributed by atoms with Gasteiger partial charge in [-0.15, -0.1) is 0 Å². The molecule has 0 aliphatic heterocycles. The van der Waals surface area contributed by atoms with E-state index < -0.39 is 65.8 Å². The quantitative estimate of drug-likeness (QED) is 0.552. The number of rotatable bonds is 2. The predicted molar refractivity (Wildman–Crippen MR) is 81.4 cm³/mol. The number of hydrogen-bond donors (Lipinski definition) is 1. The lowest BCUT2D eigenvalue weighted by Crippen LogP contribution is -2.46. The van der Waals surface area contributed by atoms with Crippen LogP contribution >= 0.6 is 23.2 Å². The third-order valence-corrected chi connectivity index (χ3v) is 3.89. The molecule has 1 heterocycles. The Morgan fingerprint density at radius 3 is 1.89 bits per heavy atom. The third kappa shape index (κ3) is 3.55. The molecule has 15 heteroatoms. The van der Waals surface area contributed by atoms with Crippen LogP contribution in [0.4, 0.5) is 35.1 Å². The maximum absolute atomic E-state index is 13.9. The summed E-state index contributed by atoms with van der Waals surface area (Å²) < 4.78 is 104. The summed E-state index contributed by atoms with van der Waals surface area (Å²) in [6.07, 6.45) is -11.5. The number of nitrogens with zero attached hydrogens (tertiary/aromatic N) is 2. The molecule has 5 nitrogen and oxygen atoms in total. The fourth-order valence-corrected chi connectivity index (χ4v) is 2.79. The summed E-state index contributed by atoms with van der Waals surface area (Å²) in [5, 5.41) is -1.88. The van der Waals surface area contributed by atoms with E-state index >= 15 is 0 Å². The van der Waals surface area contributed by atoms with Crippen LogP contribution in [-0.2, 0) is 12.1 Å². The van der Waals surface area contributed by atoms with Crippen LogP contribution in [0.2, 0.25) is 10.0 Å². The molecule has 154 valence electrons. The summed E-state index contributed by atoms with van der Waals surface area (Å²) in [7, 11) is 0. The van der Waals surface area contributed by atoms with Crippen molar-refractivity contribution in [1.82, 2.24) is 9.24 Å². The van der Waals surface area contributed by atoms with Crippen LogP contribution in [0.25, 0.3) is 5.69 Å². The van der Waals surface area contributed by atoms with Crippen LogP contribution in [-0.4, -0.2) is 15.4 Å². The molecule has 1 aromatic carbocycles. The van der Waals surface area contributed by atoms with E-state index in [-0.39, 0.29) is 6.07 Å². The first-order valence-corrected chi connectivity index (χ1v) is 7.41. The molecule has 28 heavy (non-hydrogen) atoms. The van der Waals surface area contributed by atoms with Gasteiger partial charge < -0.3 is 5.84 Å². The lowest BCUT2D eigenvalue weighted by molar-refractivity contribution is -0.289. The average Bonchev–Trinajstić information content (AvgIpc) is 2.47. The molecule has 0 fully saturated rings. The summed E-state index contributed by atoms with van der Waals surface area (Å²) in [5.74, 6) is -0.751. The molecule has 0 radical (unpaired) electrons. The highest BCUT2D eigenvalue weighted by atomic mass is 35.5. The van der Waals surface area contributed by atoms with Gasteiger partial charge in [-0.3, -0.25) is 4.79 Å². The van der Waals surface area contributed by atoms with Gasteiger partial charge in [-0.1, -0.05) is 23.2 Å². The van der Waals surface area contributed by atoms with E-state index in [0.717, 1.165) is 0 Å². The molecular formula is C13H5Cl2F8N3O2. The number of benzene rings is 1. The fourth-order valence-electron chi connectivity index (χ4n) is 2.19. The highest BCUT2D eigenvalue weighted by Crippen LogP contribution is 2.48. The van der Waals surface area contributed by atoms with Gasteiger partial charge in [-0.2, -0.15) is 35.1 Å². The molecule has 0 spiro atoms. The lowest BCUT2D eigenvalue weighted by Gasteiger charge is -2.24. The van der Waals surface area contributed by atoms with Gasteiger partial charge in [0.1, 0.15) is 0 Å². The van der Waals surface area contributed by atoms with Crippen LogP contribution in [0.1, 0.15) is 11.3 Å². The Balaban J connectivity index is 3.02. The molecule has 0 atom stereocenters. The first-order chi connectivity index (χ1) is 12.5. The van der Waals surface area contributed by atoms with Crippen molar-refractivity contribution in [3.63, 3.8) is 0 Å². The summed E-state index contributed by atoms with van der Waals surface area (Å²) in [4.78, 5) is 24.1. The van der Waals surface area contributed by atoms with E-state index in [0.29, 0.717) is 12.1 Å². The third-order valence-electron chi connectivity index (χ3n) is 3.37. The van der Waals surface area contributed by atoms with Crippen LogP contribution in [0, 0.1) is 0 Å². The maximum atomic E-state index is 13.9. The molecule has 0 bridgehead atoms. The molecule has 2 aromatic rings. The van der Waals surface area contributed by atoms with Crippen molar-refractivity contribution >= 4 is 23.2 Å². The van der Waals surface area contributed by atoms with Gasteiger partial charge in [0.15, 0.2) is 5.69 Å². The predicted octanol–water partition coefficient (Wildman–Crippen LogP) is 3.69. The largest absolute Gasteiger partial charge is 0.458 e. The Hall–Kier alpha value is -2.28. The summed E-state index contributed by atoms with van der Waals surface area (Å²) in [6, 6.07) is 0.544. The smallest absolute Gasteiger partial charge is 0.335 e. The first kappa shape index (κ1) is 22.0. The first-order valence-electron chi connectivity index (χ1n) is 6.66. The van der Waals surface area contributed by atoms with E-state index in [9.17, 15) is 44.7 Å². The molecule has 0 unspecified atom stereocenters. The minimum atomic E-state index is -6.23. The van der Waals surface area contributed by atoms with Crippen LogP contribution in [0.15, 0.2) is 27.8 Å². The van der Waals surface area contributed by atoms with Gasteiger partial charge in [0.05, 0.1) is 16.3 Å². The molecule has 0 saturated carbocycles. The van der Waals surface area contributed by atoms with E-state index in [1.807, 2.05) is 0 Å². The zero-order valence-corrected chi connectivity index (χ0v) is 14.3. The molecule has 2 N–H and O–H groups in total. The highest BCUT2D eigenvalue weighted by molar-refractivity contribution is 6.35. The van der Waals surface area contributed by atoms with Crippen LogP contribution in [0.3, 0.4) is 0 Å². The second kappa shape index (κ2) is 6.65. The number of nitrogens with two attached hydrogens (primary N) is 1. The SMILES string of the molecule is Nn1c(C(F)(F)F)cc(=O)n(-c2cc(Cl)cc(Cl)c2C(F)(F)C(F)(F)F)c1=O. The zero-order chi connectivity index (χ0) is 21.8. The van der Waals surface area contributed by atoms with Gasteiger partial charge in [0.2, 0.25) is 0 Å². The Labute approximate surface area is 158 Å². The maximum Gasteiger partial charge on any atom is 0.458 e. The van der Waals surface area contributed by atoms with Crippen molar-refractivity contribution in [1.29, 1.82) is 0 Å². The average molecular weight is 458 g/mol. The molecular weight excluding hydrogens is 453 g/mol. The van der Waals surface area contributed by atoms with E-state index in [4.69, 9.17) is 29.0 Å². The number of alkyl halides is 8. The van der Waals surface area contributed by atoms with Crippen molar-refractivity contribution in [3.8, 4) is 5.69 Å². The summed E-state index contributed by atoms with van der Waals surface area (Å²) >= 11 is 11.0. The Morgan fingerprint density at radius 1 is 0.893 bits per heavy atom. The number of halogens is 10. The van der Waals surface area contributed by atoms with Gasteiger partial charge in [0, 0.05) is 11.1 Å². The van der Waals surface area contributed by atoms with Crippen LogP contribution < -0.4 is 17.1 Å². The lowest BCUT2D eigenvalue weighted by atomic mass is 10.0. The van der Waals surface area contributed by atoms with Crippen molar-refractivity contribution < 1.29 is 35.1 Å². The minimum Gasteiger partial charge on any atom is -0.335 e. The van der Waals surface area contributed by atoms with Gasteiger partial charge in [-0.05, 0) is 12.1 Å². The van der Waals surface area contributed by atoms with Crippen molar-refractivity contribution in [3.05, 3.63) is 60.3 Å². The molecule has 0 saturated heterocycles. The van der Waals surface area contributed by atoms with Gasteiger partial charge >= 0.3 is 24.0 Å². The van der Waals surface area contributed by atoms with Crippen molar-refractivity contribution in [2.45, 2.75) is 18.3 Å². The zero-order valence-electron chi connectivity index (χ0n) is 12.8. The number of nitrogen functional groups attached to an aromatic ring is 1. The topological polar surface area (TPSA) is 70.0 Å².